The number of nitrogens with one attached hydrogen (secondary N) is 1. The van der Waals surface area contributed by atoms with Crippen LogP contribution in [0.15, 0.2) is 46.1 Å². The fraction of sp³-hybridized carbons (Fsp3) is 0.200. The second kappa shape index (κ2) is 8.12. The molecular formula is C20H16ClFN4O6S. The van der Waals surface area contributed by atoms with Crippen LogP contribution in [-0.2, 0) is 16.6 Å². The van der Waals surface area contributed by atoms with Gasteiger partial charge in [0.15, 0.2) is 27.8 Å². The average molecular weight is 495 g/mol. The Morgan fingerprint density at radius 2 is 2.12 bits per heavy atom. The Balaban J connectivity index is 1.57. The van der Waals surface area contributed by atoms with Crippen LogP contribution in [0.2, 0.25) is 5.02 Å². The Kier molecular flexibility index (Phi) is 5.25. The molecule has 172 valence electrons. The third-order valence-corrected chi connectivity index (χ3v) is 6.70. The minimum absolute atomic E-state index is 0.000290. The molecule has 1 N–H and O–H groups in total. The molecule has 0 aliphatic carbocycles. The standard InChI is InChI=1S/C20H16ClFN4O6S/c1-29-13-4-3-12-18(31-8-7-30-12)19(13)33(27,28)25-20-15-14(32-24-20)9-11(17(22)16(15)21)10-26-6-2-5-23-26/h2-6,9H,7-8,10H2,1H3,(H,24,25). The number of fused-ring (bicyclic) bond motifs is 2. The van der Waals surface area contributed by atoms with Crippen LogP contribution in [0.1, 0.15) is 5.56 Å². The molecule has 1 aliphatic heterocycles. The summed E-state index contributed by atoms with van der Waals surface area (Å²) in [5.74, 6) is -0.747. The molecule has 0 bridgehead atoms. The second-order valence-corrected chi connectivity index (χ2v) is 9.00. The highest BCUT2D eigenvalue weighted by Gasteiger charge is 2.32. The van der Waals surface area contributed by atoms with Crippen molar-refractivity contribution in [2.24, 2.45) is 0 Å². The Labute approximate surface area is 191 Å². The first kappa shape index (κ1) is 21.3. The van der Waals surface area contributed by atoms with Crippen LogP contribution in [-0.4, -0.2) is 43.7 Å². The number of nitrogens with zero attached hydrogens (tertiary/aromatic N) is 3. The molecule has 0 saturated heterocycles. The van der Waals surface area contributed by atoms with E-state index < -0.39 is 15.8 Å². The highest BCUT2D eigenvalue weighted by molar-refractivity contribution is 7.93. The molecular weight excluding hydrogens is 479 g/mol. The molecule has 2 aromatic heterocycles. The summed E-state index contributed by atoms with van der Waals surface area (Å²) in [4.78, 5) is -0.287. The van der Waals surface area contributed by atoms with Crippen molar-refractivity contribution in [1.29, 1.82) is 0 Å². The molecule has 1 aliphatic rings. The van der Waals surface area contributed by atoms with Gasteiger partial charge in [-0.3, -0.25) is 9.40 Å². The van der Waals surface area contributed by atoms with Crippen LogP contribution in [0.4, 0.5) is 10.2 Å². The maximum atomic E-state index is 15.0. The van der Waals surface area contributed by atoms with Crippen molar-refractivity contribution in [2.75, 3.05) is 25.0 Å². The van der Waals surface area contributed by atoms with Crippen LogP contribution < -0.4 is 18.9 Å². The summed E-state index contributed by atoms with van der Waals surface area (Å²) < 4.78 is 66.9. The molecule has 0 fully saturated rings. The van der Waals surface area contributed by atoms with Crippen LogP contribution in [0.5, 0.6) is 17.2 Å². The zero-order valence-corrected chi connectivity index (χ0v) is 18.6. The molecule has 4 aromatic rings. The number of ether oxygens (including phenoxy) is 3. The third kappa shape index (κ3) is 3.70. The van der Waals surface area contributed by atoms with E-state index in [1.807, 2.05) is 0 Å². The van der Waals surface area contributed by atoms with E-state index in [9.17, 15) is 8.42 Å². The van der Waals surface area contributed by atoms with E-state index in [0.29, 0.717) is 0 Å². The summed E-state index contributed by atoms with van der Waals surface area (Å²) in [6, 6.07) is 6.08. The summed E-state index contributed by atoms with van der Waals surface area (Å²) in [6.07, 6.45) is 3.22. The van der Waals surface area contributed by atoms with Crippen molar-refractivity contribution in [3.63, 3.8) is 0 Å². The zero-order valence-electron chi connectivity index (χ0n) is 17.0. The van der Waals surface area contributed by atoms with Crippen molar-refractivity contribution in [2.45, 2.75) is 11.4 Å². The first-order valence-corrected chi connectivity index (χ1v) is 11.5. The van der Waals surface area contributed by atoms with Gasteiger partial charge in [-0.15, -0.1) is 0 Å². The van der Waals surface area contributed by atoms with Crippen LogP contribution >= 0.6 is 11.6 Å². The predicted molar refractivity (Wildman–Crippen MR) is 115 cm³/mol. The van der Waals surface area contributed by atoms with Crippen molar-refractivity contribution < 1.29 is 31.5 Å². The number of methoxy groups -OCH3 is 1. The highest BCUT2D eigenvalue weighted by Crippen LogP contribution is 2.43. The molecule has 0 unspecified atom stereocenters. The molecule has 0 spiro atoms. The van der Waals surface area contributed by atoms with Gasteiger partial charge in [0.2, 0.25) is 0 Å². The summed E-state index contributed by atoms with van der Waals surface area (Å²) in [6.45, 7) is 0.530. The molecule has 13 heteroatoms. The predicted octanol–water partition coefficient (Wildman–Crippen LogP) is 3.45. The molecule has 33 heavy (non-hydrogen) atoms. The minimum Gasteiger partial charge on any atom is -0.495 e. The quantitative estimate of drug-likeness (QED) is 0.433. The van der Waals surface area contributed by atoms with Gasteiger partial charge in [0.25, 0.3) is 10.0 Å². The van der Waals surface area contributed by atoms with Gasteiger partial charge in [0, 0.05) is 18.0 Å². The van der Waals surface area contributed by atoms with Gasteiger partial charge in [-0.05, 0) is 24.3 Å². The van der Waals surface area contributed by atoms with Gasteiger partial charge in [0.05, 0.1) is 24.1 Å². The number of benzene rings is 2. The van der Waals surface area contributed by atoms with Crippen molar-refractivity contribution in [3.8, 4) is 17.2 Å². The second-order valence-electron chi connectivity index (χ2n) is 7.00. The van der Waals surface area contributed by atoms with Crippen molar-refractivity contribution >= 4 is 38.4 Å². The summed E-state index contributed by atoms with van der Waals surface area (Å²) in [7, 11) is -3.01. The maximum Gasteiger partial charge on any atom is 0.270 e. The van der Waals surface area contributed by atoms with Crippen molar-refractivity contribution in [1.82, 2.24) is 14.9 Å². The van der Waals surface area contributed by atoms with Gasteiger partial charge in [0.1, 0.15) is 24.8 Å². The molecule has 0 atom stereocenters. The van der Waals surface area contributed by atoms with E-state index in [1.54, 1.807) is 24.5 Å². The van der Waals surface area contributed by atoms with Gasteiger partial charge < -0.3 is 18.7 Å². The molecule has 5 rings (SSSR count). The number of anilines is 1. The first-order valence-electron chi connectivity index (χ1n) is 9.62. The average Bonchev–Trinajstić information content (AvgIpc) is 3.46. The summed E-state index contributed by atoms with van der Waals surface area (Å²) in [5, 5.41) is 7.44. The fourth-order valence-electron chi connectivity index (χ4n) is 3.50. The smallest absolute Gasteiger partial charge is 0.270 e. The Morgan fingerprint density at radius 1 is 1.30 bits per heavy atom. The molecule has 3 heterocycles. The Hall–Kier alpha value is -3.51. The van der Waals surface area contributed by atoms with E-state index in [0.717, 1.165) is 0 Å². The normalized spacial score (nSPS) is 13.3. The maximum absolute atomic E-state index is 15.0. The lowest BCUT2D eigenvalue weighted by Crippen LogP contribution is -2.21. The number of aromatic nitrogens is 3. The van der Waals surface area contributed by atoms with Crippen LogP contribution in [0.25, 0.3) is 11.0 Å². The van der Waals surface area contributed by atoms with Crippen molar-refractivity contribution in [3.05, 3.63) is 53.1 Å². The van der Waals surface area contributed by atoms with E-state index in [1.165, 1.54) is 23.9 Å². The van der Waals surface area contributed by atoms with E-state index in [4.69, 9.17) is 30.3 Å². The molecule has 2 aromatic carbocycles. The monoisotopic (exact) mass is 494 g/mol. The van der Waals surface area contributed by atoms with Crippen LogP contribution in [0.3, 0.4) is 0 Å². The SMILES string of the molecule is COc1ccc2c(c1S(=O)(=O)Nc1noc3cc(Cn4cccn4)c(F)c(Cl)c13)OCCO2. The minimum atomic E-state index is -4.34. The summed E-state index contributed by atoms with van der Waals surface area (Å²) >= 11 is 6.26. The van der Waals surface area contributed by atoms with Gasteiger partial charge in [-0.25, -0.2) is 12.8 Å². The Morgan fingerprint density at radius 3 is 2.88 bits per heavy atom. The van der Waals surface area contributed by atoms with Crippen LogP contribution in [0, 0.1) is 5.82 Å². The zero-order chi connectivity index (χ0) is 23.2. The highest BCUT2D eigenvalue weighted by atomic mass is 35.5. The lowest BCUT2D eigenvalue weighted by molar-refractivity contribution is 0.165. The van der Waals surface area contributed by atoms with Gasteiger partial charge in [-0.2, -0.15) is 5.10 Å². The van der Waals surface area contributed by atoms with E-state index in [2.05, 4.69) is 15.0 Å². The number of rotatable bonds is 6. The molecule has 0 amide bonds. The lowest BCUT2D eigenvalue weighted by atomic mass is 10.1. The largest absolute Gasteiger partial charge is 0.495 e. The molecule has 10 nitrogen and oxygen atoms in total. The number of halogens is 2. The lowest BCUT2D eigenvalue weighted by Gasteiger charge is -2.22. The van der Waals surface area contributed by atoms with Gasteiger partial charge >= 0.3 is 0 Å². The van der Waals surface area contributed by atoms with E-state index >= 15 is 4.39 Å². The third-order valence-electron chi connectivity index (χ3n) is 4.96. The number of hydrogen-bond acceptors (Lipinski definition) is 8. The summed E-state index contributed by atoms with van der Waals surface area (Å²) in [5.41, 5.74) is 0.300. The first-order chi connectivity index (χ1) is 15.9. The molecule has 0 saturated carbocycles. The van der Waals surface area contributed by atoms with Gasteiger partial charge in [-0.1, -0.05) is 16.8 Å². The topological polar surface area (TPSA) is 118 Å². The number of hydrogen-bond donors (Lipinski definition) is 1. The van der Waals surface area contributed by atoms with E-state index in [-0.39, 0.29) is 69.3 Å². The fourth-order valence-corrected chi connectivity index (χ4v) is 5.12. The molecule has 0 radical (unpaired) electrons. The Bertz CT molecular complexity index is 1460. The number of sulfonamides is 1.